The van der Waals surface area contributed by atoms with Gasteiger partial charge in [0, 0.05) is 6.54 Å². The van der Waals surface area contributed by atoms with Crippen molar-refractivity contribution in [3.05, 3.63) is 23.8 Å². The lowest BCUT2D eigenvalue weighted by Crippen LogP contribution is -2.45. The molecule has 2 N–H and O–H groups in total. The summed E-state index contributed by atoms with van der Waals surface area (Å²) >= 11 is 0. The molecule has 0 amide bonds. The van der Waals surface area contributed by atoms with Gasteiger partial charge in [0.05, 0.1) is 42.3 Å². The van der Waals surface area contributed by atoms with E-state index in [0.717, 1.165) is 30.9 Å². The van der Waals surface area contributed by atoms with Crippen molar-refractivity contribution in [3.8, 4) is 6.07 Å². The van der Waals surface area contributed by atoms with E-state index >= 15 is 0 Å². The number of morpholine rings is 1. The highest BCUT2D eigenvalue weighted by molar-refractivity contribution is 5.70. The zero-order chi connectivity index (χ0) is 12.3. The number of nitrogens with two attached hydrogens (primary N) is 1. The smallest absolute Gasteiger partial charge is 0.0992 e. The molecule has 1 fully saturated rings. The topological polar surface area (TPSA) is 62.3 Å². The van der Waals surface area contributed by atoms with E-state index in [9.17, 15) is 0 Å². The summed E-state index contributed by atoms with van der Waals surface area (Å²) in [6.07, 6.45) is 1.01. The molecule has 0 bridgehead atoms. The molecule has 0 aromatic heterocycles. The SMILES string of the molecule is CCC1COCCN1c1cc(C#N)ccc1N. The van der Waals surface area contributed by atoms with Crippen molar-refractivity contribution < 1.29 is 4.74 Å². The second kappa shape index (κ2) is 5.07. The number of hydrogen-bond acceptors (Lipinski definition) is 4. The Labute approximate surface area is 102 Å². The molecular formula is C13H17N3O. The Morgan fingerprint density at radius 3 is 3.12 bits per heavy atom. The number of rotatable bonds is 2. The molecule has 1 aromatic carbocycles. The van der Waals surface area contributed by atoms with Gasteiger partial charge in [0.15, 0.2) is 0 Å². The predicted octanol–water partition coefficient (Wildman–Crippen LogP) is 1.76. The maximum absolute atomic E-state index is 8.94. The van der Waals surface area contributed by atoms with Crippen LogP contribution in [-0.4, -0.2) is 25.8 Å². The molecular weight excluding hydrogens is 214 g/mol. The van der Waals surface area contributed by atoms with Gasteiger partial charge in [-0.05, 0) is 24.6 Å². The third kappa shape index (κ3) is 2.34. The number of nitrogen functional groups attached to an aromatic ring is 1. The molecule has 1 atom stereocenters. The van der Waals surface area contributed by atoms with E-state index in [1.165, 1.54) is 0 Å². The second-order valence-corrected chi connectivity index (χ2v) is 4.22. The van der Waals surface area contributed by atoms with Gasteiger partial charge in [0.25, 0.3) is 0 Å². The van der Waals surface area contributed by atoms with Crippen LogP contribution in [-0.2, 0) is 4.74 Å². The van der Waals surface area contributed by atoms with E-state index in [1.54, 1.807) is 12.1 Å². The van der Waals surface area contributed by atoms with Crippen LogP contribution in [0.5, 0.6) is 0 Å². The number of benzene rings is 1. The molecule has 17 heavy (non-hydrogen) atoms. The molecule has 4 nitrogen and oxygen atoms in total. The summed E-state index contributed by atoms with van der Waals surface area (Å²) in [5.41, 5.74) is 8.33. The van der Waals surface area contributed by atoms with Crippen molar-refractivity contribution in [1.82, 2.24) is 0 Å². The van der Waals surface area contributed by atoms with Crippen molar-refractivity contribution in [2.75, 3.05) is 30.4 Å². The lowest BCUT2D eigenvalue weighted by atomic mass is 10.1. The van der Waals surface area contributed by atoms with Crippen LogP contribution in [0.1, 0.15) is 18.9 Å². The second-order valence-electron chi connectivity index (χ2n) is 4.22. The Hall–Kier alpha value is -1.73. The first-order chi connectivity index (χ1) is 8.26. The van der Waals surface area contributed by atoms with Crippen LogP contribution in [0.15, 0.2) is 18.2 Å². The van der Waals surface area contributed by atoms with Gasteiger partial charge >= 0.3 is 0 Å². The molecule has 0 saturated carbocycles. The Balaban J connectivity index is 2.34. The largest absolute Gasteiger partial charge is 0.397 e. The zero-order valence-electron chi connectivity index (χ0n) is 10.0. The first-order valence-electron chi connectivity index (χ1n) is 5.90. The lowest BCUT2D eigenvalue weighted by molar-refractivity contribution is 0.0931. The molecule has 1 aromatic rings. The lowest BCUT2D eigenvalue weighted by Gasteiger charge is -2.37. The monoisotopic (exact) mass is 231 g/mol. The predicted molar refractivity (Wildman–Crippen MR) is 67.8 cm³/mol. The molecule has 1 saturated heterocycles. The van der Waals surface area contributed by atoms with Gasteiger partial charge in [-0.25, -0.2) is 0 Å². The summed E-state index contributed by atoms with van der Waals surface area (Å²) in [5, 5.41) is 8.94. The normalized spacial score (nSPS) is 20.0. The third-order valence-electron chi connectivity index (χ3n) is 3.17. The highest BCUT2D eigenvalue weighted by Gasteiger charge is 2.23. The summed E-state index contributed by atoms with van der Waals surface area (Å²) < 4.78 is 5.47. The quantitative estimate of drug-likeness (QED) is 0.788. The fraction of sp³-hybridized carbons (Fsp3) is 0.462. The maximum atomic E-state index is 8.94. The average Bonchev–Trinajstić information content (AvgIpc) is 2.39. The zero-order valence-corrected chi connectivity index (χ0v) is 10.0. The van der Waals surface area contributed by atoms with Crippen LogP contribution in [0.4, 0.5) is 11.4 Å². The summed E-state index contributed by atoms with van der Waals surface area (Å²) in [6, 6.07) is 7.92. The number of hydrogen-bond donors (Lipinski definition) is 1. The summed E-state index contributed by atoms with van der Waals surface area (Å²) in [6.45, 7) is 4.41. The Morgan fingerprint density at radius 2 is 2.41 bits per heavy atom. The van der Waals surface area contributed by atoms with Gasteiger partial charge in [0.2, 0.25) is 0 Å². The minimum absolute atomic E-state index is 0.347. The van der Waals surface area contributed by atoms with Crippen LogP contribution >= 0.6 is 0 Å². The molecule has 0 spiro atoms. The molecule has 1 unspecified atom stereocenters. The Bertz CT molecular complexity index is 439. The van der Waals surface area contributed by atoms with Gasteiger partial charge in [-0.3, -0.25) is 0 Å². The molecule has 0 aliphatic carbocycles. The molecule has 1 heterocycles. The van der Waals surface area contributed by atoms with Crippen molar-refractivity contribution in [3.63, 3.8) is 0 Å². The van der Waals surface area contributed by atoms with Gasteiger partial charge in [-0.2, -0.15) is 5.26 Å². The van der Waals surface area contributed by atoms with Crippen molar-refractivity contribution in [1.29, 1.82) is 5.26 Å². The molecule has 2 rings (SSSR count). The third-order valence-corrected chi connectivity index (χ3v) is 3.17. The Kier molecular flexibility index (Phi) is 3.50. The fourth-order valence-corrected chi connectivity index (χ4v) is 2.17. The van der Waals surface area contributed by atoms with Gasteiger partial charge in [-0.1, -0.05) is 6.92 Å². The molecule has 90 valence electrons. The van der Waals surface area contributed by atoms with Gasteiger partial charge < -0.3 is 15.4 Å². The fourth-order valence-electron chi connectivity index (χ4n) is 2.17. The first-order valence-corrected chi connectivity index (χ1v) is 5.90. The van der Waals surface area contributed by atoms with Crippen LogP contribution < -0.4 is 10.6 Å². The molecule has 1 aliphatic heterocycles. The number of nitriles is 1. The van der Waals surface area contributed by atoms with E-state index in [2.05, 4.69) is 17.9 Å². The minimum Gasteiger partial charge on any atom is -0.397 e. The van der Waals surface area contributed by atoms with Gasteiger partial charge in [-0.15, -0.1) is 0 Å². The van der Waals surface area contributed by atoms with Gasteiger partial charge in [0.1, 0.15) is 0 Å². The van der Waals surface area contributed by atoms with E-state index in [0.29, 0.717) is 18.2 Å². The standard InChI is InChI=1S/C13H17N3O/c1-2-11-9-17-6-5-16(11)13-7-10(8-14)3-4-12(13)15/h3-4,7,11H,2,5-6,9,15H2,1H3. The maximum Gasteiger partial charge on any atom is 0.0992 e. The molecule has 1 aliphatic rings. The van der Waals surface area contributed by atoms with Crippen LogP contribution in [0.3, 0.4) is 0 Å². The number of ether oxygens (including phenoxy) is 1. The molecule has 0 radical (unpaired) electrons. The van der Waals surface area contributed by atoms with Crippen molar-refractivity contribution >= 4 is 11.4 Å². The molecule has 4 heteroatoms. The highest BCUT2D eigenvalue weighted by Crippen LogP contribution is 2.28. The summed E-state index contributed by atoms with van der Waals surface area (Å²) in [4.78, 5) is 2.25. The van der Waals surface area contributed by atoms with Crippen molar-refractivity contribution in [2.24, 2.45) is 0 Å². The van der Waals surface area contributed by atoms with Crippen LogP contribution in [0.2, 0.25) is 0 Å². The van der Waals surface area contributed by atoms with E-state index in [4.69, 9.17) is 15.7 Å². The van der Waals surface area contributed by atoms with Crippen molar-refractivity contribution in [2.45, 2.75) is 19.4 Å². The van der Waals surface area contributed by atoms with E-state index < -0.39 is 0 Å². The number of nitrogens with zero attached hydrogens (tertiary/aromatic N) is 2. The first kappa shape index (κ1) is 11.7. The van der Waals surface area contributed by atoms with E-state index in [1.807, 2.05) is 6.07 Å². The Morgan fingerprint density at radius 1 is 1.59 bits per heavy atom. The summed E-state index contributed by atoms with van der Waals surface area (Å²) in [7, 11) is 0. The van der Waals surface area contributed by atoms with Crippen LogP contribution in [0, 0.1) is 11.3 Å². The number of anilines is 2. The average molecular weight is 231 g/mol. The van der Waals surface area contributed by atoms with E-state index in [-0.39, 0.29) is 0 Å². The highest BCUT2D eigenvalue weighted by atomic mass is 16.5. The summed E-state index contributed by atoms with van der Waals surface area (Å²) in [5.74, 6) is 0. The van der Waals surface area contributed by atoms with Crippen LogP contribution in [0.25, 0.3) is 0 Å². The minimum atomic E-state index is 0.347.